The van der Waals surface area contributed by atoms with Crippen LogP contribution in [0, 0.1) is 11.3 Å². The zero-order valence-electron chi connectivity index (χ0n) is 17.2. The second-order valence-electron chi connectivity index (χ2n) is 7.59. The van der Waals surface area contributed by atoms with Crippen molar-refractivity contribution in [1.29, 1.82) is 5.26 Å². The number of likely N-dealkylation sites (N-methyl/N-ethyl adjacent to an activating group) is 1. The van der Waals surface area contributed by atoms with Crippen molar-refractivity contribution in [2.24, 2.45) is 0 Å². The molecule has 2 rings (SSSR count). The van der Waals surface area contributed by atoms with Gasteiger partial charge in [-0.05, 0) is 50.6 Å². The molecule has 0 aliphatic carbocycles. The Morgan fingerprint density at radius 2 is 1.77 bits per heavy atom. The van der Waals surface area contributed by atoms with Crippen molar-refractivity contribution in [3.05, 3.63) is 59.7 Å². The summed E-state index contributed by atoms with van der Waals surface area (Å²) in [5.41, 5.74) is -0.201. The molecular weight excluding hydrogens is 408 g/mol. The third-order valence-corrected chi connectivity index (χ3v) is 5.21. The average Bonchev–Trinajstić information content (AvgIpc) is 2.66. The molecule has 0 saturated heterocycles. The van der Waals surface area contributed by atoms with Crippen LogP contribution in [-0.4, -0.2) is 43.7 Å². The predicted molar refractivity (Wildman–Crippen MR) is 109 cm³/mol. The molecule has 9 heteroatoms. The Balaban J connectivity index is 2.07. The van der Waals surface area contributed by atoms with Crippen molar-refractivity contribution in [3.63, 3.8) is 0 Å². The van der Waals surface area contributed by atoms with Crippen molar-refractivity contribution in [2.75, 3.05) is 13.6 Å². The number of benzene rings is 2. The maximum atomic E-state index is 12.5. The Hall–Kier alpha value is -3.09. The lowest BCUT2D eigenvalue weighted by Gasteiger charge is -2.26. The minimum absolute atomic E-state index is 0.0110. The van der Waals surface area contributed by atoms with Crippen molar-refractivity contribution >= 4 is 16.2 Å². The van der Waals surface area contributed by atoms with Gasteiger partial charge in [-0.3, -0.25) is 0 Å². The van der Waals surface area contributed by atoms with Crippen molar-refractivity contribution < 1.29 is 27.2 Å². The minimum atomic E-state index is -4.19. The Kier molecular flexibility index (Phi) is 7.08. The predicted octanol–water partition coefficient (Wildman–Crippen LogP) is 3.23. The summed E-state index contributed by atoms with van der Waals surface area (Å²) < 4.78 is 35.2. The maximum Gasteiger partial charge on any atom is 0.410 e. The number of aliphatic hydroxyl groups excluding tert-OH is 1. The number of amides is 1. The molecule has 0 aliphatic rings. The third kappa shape index (κ3) is 6.20. The van der Waals surface area contributed by atoms with Gasteiger partial charge in [0.25, 0.3) is 0 Å². The van der Waals surface area contributed by atoms with E-state index in [1.807, 2.05) is 6.07 Å². The number of aliphatic hydroxyl groups is 1. The number of nitriles is 1. The van der Waals surface area contributed by atoms with Crippen LogP contribution in [0.4, 0.5) is 4.79 Å². The van der Waals surface area contributed by atoms with E-state index >= 15 is 0 Å². The first-order valence-electron chi connectivity index (χ1n) is 9.09. The summed E-state index contributed by atoms with van der Waals surface area (Å²) in [5.74, 6) is 0.0270. The molecule has 2 aromatic carbocycles. The highest BCUT2D eigenvalue weighted by molar-refractivity contribution is 7.87. The lowest BCUT2D eigenvalue weighted by molar-refractivity contribution is 0.0205. The fraction of sp³-hybridized carbons (Fsp3) is 0.333. The van der Waals surface area contributed by atoms with E-state index in [0.29, 0.717) is 5.56 Å². The Labute approximate surface area is 176 Å². The monoisotopic (exact) mass is 432 g/mol. The molecule has 0 radical (unpaired) electrons. The average molecular weight is 432 g/mol. The van der Waals surface area contributed by atoms with E-state index in [2.05, 4.69) is 0 Å². The van der Waals surface area contributed by atoms with Crippen LogP contribution in [0.3, 0.4) is 0 Å². The molecular formula is C21H24N2O6S. The first kappa shape index (κ1) is 23.2. The van der Waals surface area contributed by atoms with Gasteiger partial charge in [0.05, 0.1) is 18.2 Å². The lowest BCUT2D eigenvalue weighted by atomic mass is 10.1. The maximum absolute atomic E-state index is 12.5. The largest absolute Gasteiger partial charge is 0.444 e. The van der Waals surface area contributed by atoms with Crippen molar-refractivity contribution in [2.45, 2.75) is 37.4 Å². The van der Waals surface area contributed by atoms with Gasteiger partial charge >= 0.3 is 16.2 Å². The van der Waals surface area contributed by atoms with E-state index in [1.54, 1.807) is 26.8 Å². The van der Waals surface area contributed by atoms with E-state index in [1.165, 1.54) is 54.4 Å². The zero-order chi connectivity index (χ0) is 22.5. The van der Waals surface area contributed by atoms with Gasteiger partial charge in [0.15, 0.2) is 0 Å². The van der Waals surface area contributed by atoms with Crippen LogP contribution < -0.4 is 4.18 Å². The molecule has 1 atom stereocenters. The SMILES string of the molecule is CN(CC(O)c1ccc(OS(=O)(=O)c2ccccc2C#N)cc1)C(=O)OC(C)(C)C. The minimum Gasteiger partial charge on any atom is -0.444 e. The number of ether oxygens (including phenoxy) is 1. The third-order valence-electron chi connectivity index (χ3n) is 3.90. The van der Waals surface area contributed by atoms with Crippen LogP contribution in [-0.2, 0) is 14.9 Å². The molecule has 160 valence electrons. The summed E-state index contributed by atoms with van der Waals surface area (Å²) in [7, 11) is -2.68. The van der Waals surface area contributed by atoms with E-state index in [-0.39, 0.29) is 22.8 Å². The van der Waals surface area contributed by atoms with Crippen LogP contribution in [0.2, 0.25) is 0 Å². The van der Waals surface area contributed by atoms with Gasteiger partial charge in [0.1, 0.15) is 22.3 Å². The molecule has 8 nitrogen and oxygen atoms in total. The highest BCUT2D eigenvalue weighted by Gasteiger charge is 2.23. The quantitative estimate of drug-likeness (QED) is 0.697. The first-order valence-corrected chi connectivity index (χ1v) is 10.5. The van der Waals surface area contributed by atoms with Crippen LogP contribution in [0.1, 0.15) is 38.0 Å². The summed E-state index contributed by atoms with van der Waals surface area (Å²) in [6.45, 7) is 5.23. The van der Waals surface area contributed by atoms with E-state index in [4.69, 9.17) is 14.2 Å². The highest BCUT2D eigenvalue weighted by atomic mass is 32.2. The van der Waals surface area contributed by atoms with Crippen molar-refractivity contribution in [3.8, 4) is 11.8 Å². The molecule has 2 aromatic rings. The topological polar surface area (TPSA) is 117 Å². The molecule has 1 unspecified atom stereocenters. The van der Waals surface area contributed by atoms with E-state index in [0.717, 1.165) is 0 Å². The summed E-state index contributed by atoms with van der Waals surface area (Å²) in [6, 6.07) is 13.3. The van der Waals surface area contributed by atoms with Crippen molar-refractivity contribution in [1.82, 2.24) is 4.90 Å². The van der Waals surface area contributed by atoms with E-state index < -0.39 is 27.9 Å². The molecule has 30 heavy (non-hydrogen) atoms. The Morgan fingerprint density at radius 3 is 2.33 bits per heavy atom. The van der Waals surface area contributed by atoms with Gasteiger partial charge in [-0.15, -0.1) is 0 Å². The molecule has 0 aromatic heterocycles. The molecule has 0 saturated carbocycles. The number of carbonyl (C=O) groups excluding carboxylic acids is 1. The van der Waals surface area contributed by atoms with Gasteiger partial charge in [0, 0.05) is 7.05 Å². The number of carbonyl (C=O) groups is 1. The van der Waals surface area contributed by atoms with Crippen LogP contribution in [0.25, 0.3) is 0 Å². The number of nitrogens with zero attached hydrogens (tertiary/aromatic N) is 2. The molecule has 0 fully saturated rings. The molecule has 0 aliphatic heterocycles. The summed E-state index contributed by atoms with van der Waals surface area (Å²) in [6.07, 6.45) is -1.57. The summed E-state index contributed by atoms with van der Waals surface area (Å²) >= 11 is 0. The fourth-order valence-electron chi connectivity index (χ4n) is 2.47. The number of hydrogen-bond acceptors (Lipinski definition) is 7. The number of rotatable bonds is 6. The molecule has 1 amide bonds. The molecule has 1 N–H and O–H groups in total. The van der Waals surface area contributed by atoms with Crippen LogP contribution in [0.15, 0.2) is 53.4 Å². The normalized spacial score (nSPS) is 12.5. The van der Waals surface area contributed by atoms with E-state index in [9.17, 15) is 18.3 Å². The van der Waals surface area contributed by atoms with Gasteiger partial charge in [0.2, 0.25) is 0 Å². The second kappa shape index (κ2) is 9.15. The second-order valence-corrected chi connectivity index (χ2v) is 9.11. The van der Waals surface area contributed by atoms with Gasteiger partial charge in [-0.25, -0.2) is 4.79 Å². The van der Waals surface area contributed by atoms with Gasteiger partial charge in [-0.2, -0.15) is 13.7 Å². The van der Waals surface area contributed by atoms with Gasteiger partial charge < -0.3 is 18.9 Å². The Morgan fingerprint density at radius 1 is 1.17 bits per heavy atom. The highest BCUT2D eigenvalue weighted by Crippen LogP contribution is 2.24. The molecule has 0 heterocycles. The smallest absolute Gasteiger partial charge is 0.410 e. The standard InChI is InChI=1S/C21H24N2O6S/c1-21(2,3)28-20(25)23(4)14-18(24)15-9-11-17(12-10-15)29-30(26,27)19-8-6-5-7-16(19)13-22/h5-12,18,24H,14H2,1-4H3. The number of hydrogen-bond donors (Lipinski definition) is 1. The van der Waals surface area contributed by atoms with Crippen LogP contribution in [0.5, 0.6) is 5.75 Å². The van der Waals surface area contributed by atoms with Crippen LogP contribution >= 0.6 is 0 Å². The molecule has 0 spiro atoms. The summed E-state index contributed by atoms with van der Waals surface area (Å²) in [4.78, 5) is 13.0. The molecule has 0 bridgehead atoms. The lowest BCUT2D eigenvalue weighted by Crippen LogP contribution is -2.36. The Bertz CT molecular complexity index is 1040. The summed E-state index contributed by atoms with van der Waals surface area (Å²) in [5, 5.41) is 19.4. The van der Waals surface area contributed by atoms with Gasteiger partial charge in [-0.1, -0.05) is 24.3 Å². The first-order chi connectivity index (χ1) is 13.9. The zero-order valence-corrected chi connectivity index (χ0v) is 18.0. The fourth-order valence-corrected chi connectivity index (χ4v) is 3.56.